The molecule has 0 fully saturated rings. The van der Waals surface area contributed by atoms with E-state index in [0.717, 1.165) is 11.1 Å². The molecule has 1 amide bonds. The van der Waals surface area contributed by atoms with E-state index in [1.165, 1.54) is 6.21 Å². The predicted octanol–water partition coefficient (Wildman–Crippen LogP) is 3.99. The Morgan fingerprint density at radius 1 is 1.24 bits per heavy atom. The number of amides is 1. The molecule has 2 aromatic carbocycles. The molecule has 2 aromatic rings. The fraction of sp³-hybridized carbons (Fsp3) is 0.0667. The maximum Gasteiger partial charge on any atom is 0.271 e. The fourth-order valence-electron chi connectivity index (χ4n) is 1.68. The van der Waals surface area contributed by atoms with Gasteiger partial charge in [0.15, 0.2) is 0 Å². The summed E-state index contributed by atoms with van der Waals surface area (Å²) in [5, 5.41) is 13.5. The average molecular weight is 412 g/mol. The lowest BCUT2D eigenvalue weighted by Crippen LogP contribution is -2.17. The maximum absolute atomic E-state index is 11.9. The molecule has 0 aliphatic heterocycles. The highest BCUT2D eigenvalue weighted by molar-refractivity contribution is 9.11. The third-order valence-corrected chi connectivity index (χ3v) is 3.91. The van der Waals surface area contributed by atoms with Gasteiger partial charge in [-0.1, -0.05) is 17.7 Å². The van der Waals surface area contributed by atoms with Crippen LogP contribution in [-0.2, 0) is 0 Å². The van der Waals surface area contributed by atoms with E-state index >= 15 is 0 Å². The largest absolute Gasteiger partial charge is 0.506 e. The second-order valence-corrected chi connectivity index (χ2v) is 6.11. The fourth-order valence-corrected chi connectivity index (χ4v) is 2.90. The Morgan fingerprint density at radius 2 is 1.90 bits per heavy atom. The summed E-state index contributed by atoms with van der Waals surface area (Å²) >= 11 is 6.47. The molecule has 0 saturated carbocycles. The lowest BCUT2D eigenvalue weighted by atomic mass is 10.1. The highest BCUT2D eigenvalue weighted by Crippen LogP contribution is 2.32. The van der Waals surface area contributed by atoms with Crippen molar-refractivity contribution < 1.29 is 9.90 Å². The third kappa shape index (κ3) is 4.15. The van der Waals surface area contributed by atoms with E-state index in [0.29, 0.717) is 14.5 Å². The minimum atomic E-state index is -0.271. The molecule has 0 aliphatic carbocycles. The Kier molecular flexibility index (Phi) is 5.14. The van der Waals surface area contributed by atoms with Crippen molar-refractivity contribution in [1.82, 2.24) is 5.43 Å². The van der Waals surface area contributed by atoms with Crippen molar-refractivity contribution in [1.29, 1.82) is 0 Å². The average Bonchev–Trinajstić information content (AvgIpc) is 2.44. The van der Waals surface area contributed by atoms with Crippen molar-refractivity contribution in [3.05, 3.63) is 62.0 Å². The summed E-state index contributed by atoms with van der Waals surface area (Å²) in [5.41, 5.74) is 4.77. The van der Waals surface area contributed by atoms with Crippen LogP contribution < -0.4 is 5.43 Å². The Bertz CT molecular complexity index is 692. The monoisotopic (exact) mass is 410 g/mol. The van der Waals surface area contributed by atoms with E-state index in [-0.39, 0.29) is 11.7 Å². The third-order valence-electron chi connectivity index (χ3n) is 2.70. The van der Waals surface area contributed by atoms with E-state index in [1.807, 2.05) is 19.1 Å². The molecule has 2 rings (SSSR count). The van der Waals surface area contributed by atoms with Crippen molar-refractivity contribution in [2.75, 3.05) is 0 Å². The number of nitrogens with one attached hydrogen (secondary N) is 1. The summed E-state index contributed by atoms with van der Waals surface area (Å²) in [7, 11) is 0. The maximum atomic E-state index is 11.9. The molecule has 6 heteroatoms. The molecule has 0 radical (unpaired) electrons. The number of hydrazone groups is 1. The Balaban J connectivity index is 2.07. The summed E-state index contributed by atoms with van der Waals surface area (Å²) in [5.74, 6) is -0.150. The standard InChI is InChI=1S/C15H12Br2N2O2/c1-9-3-2-4-11(5-9)15(21)19-18-8-10-6-12(16)14(20)13(17)7-10/h2-8,20H,1H3,(H,19,21)/b18-8+. The molecular formula is C15H12Br2N2O2. The van der Waals surface area contributed by atoms with Crippen LogP contribution in [0.2, 0.25) is 0 Å². The quantitative estimate of drug-likeness (QED) is 0.592. The van der Waals surface area contributed by atoms with Crippen molar-refractivity contribution in [2.45, 2.75) is 6.92 Å². The SMILES string of the molecule is Cc1cccc(C(=O)N/N=C/c2cc(Br)c(O)c(Br)c2)c1. The van der Waals surface area contributed by atoms with Gasteiger partial charge in [-0.15, -0.1) is 0 Å². The number of hydrogen-bond donors (Lipinski definition) is 2. The molecule has 0 aromatic heterocycles. The van der Waals surface area contributed by atoms with Gasteiger partial charge in [0.2, 0.25) is 0 Å². The zero-order chi connectivity index (χ0) is 15.4. The second-order valence-electron chi connectivity index (χ2n) is 4.40. The first-order valence-electron chi connectivity index (χ1n) is 6.05. The van der Waals surface area contributed by atoms with Crippen LogP contribution in [0, 0.1) is 6.92 Å². The summed E-state index contributed by atoms with van der Waals surface area (Å²) in [6.45, 7) is 1.92. The molecule has 0 saturated heterocycles. The van der Waals surface area contributed by atoms with Crippen LogP contribution in [0.3, 0.4) is 0 Å². The molecule has 0 atom stereocenters. The lowest BCUT2D eigenvalue weighted by Gasteiger charge is -2.03. The van der Waals surface area contributed by atoms with Crippen LogP contribution in [-0.4, -0.2) is 17.2 Å². The normalized spacial score (nSPS) is 10.8. The number of nitrogens with zero attached hydrogens (tertiary/aromatic N) is 1. The lowest BCUT2D eigenvalue weighted by molar-refractivity contribution is 0.0955. The van der Waals surface area contributed by atoms with Crippen LogP contribution >= 0.6 is 31.9 Å². The van der Waals surface area contributed by atoms with Gasteiger partial charge in [0, 0.05) is 5.56 Å². The number of carbonyl (C=O) groups is 1. The van der Waals surface area contributed by atoms with E-state index in [9.17, 15) is 9.90 Å². The first-order valence-corrected chi connectivity index (χ1v) is 7.64. The first kappa shape index (κ1) is 15.7. The summed E-state index contributed by atoms with van der Waals surface area (Å²) in [6, 6.07) is 10.7. The Hall–Kier alpha value is -1.66. The van der Waals surface area contributed by atoms with Crippen molar-refractivity contribution in [3.63, 3.8) is 0 Å². The van der Waals surface area contributed by atoms with Crippen LogP contribution in [0.4, 0.5) is 0 Å². The van der Waals surface area contributed by atoms with E-state index in [2.05, 4.69) is 42.4 Å². The minimum absolute atomic E-state index is 0.121. The van der Waals surface area contributed by atoms with Gasteiger partial charge in [-0.05, 0) is 68.6 Å². The summed E-state index contributed by atoms with van der Waals surface area (Å²) in [6.07, 6.45) is 1.50. The van der Waals surface area contributed by atoms with Crippen LogP contribution in [0.25, 0.3) is 0 Å². The molecular weight excluding hydrogens is 400 g/mol. The Morgan fingerprint density at radius 3 is 2.52 bits per heavy atom. The molecule has 0 bridgehead atoms. The van der Waals surface area contributed by atoms with Crippen molar-refractivity contribution >= 4 is 44.0 Å². The molecule has 0 unspecified atom stereocenters. The van der Waals surface area contributed by atoms with Gasteiger partial charge in [0.1, 0.15) is 5.75 Å². The van der Waals surface area contributed by atoms with E-state index in [1.54, 1.807) is 24.3 Å². The number of aromatic hydroxyl groups is 1. The van der Waals surface area contributed by atoms with Crippen LogP contribution in [0.15, 0.2) is 50.4 Å². The van der Waals surface area contributed by atoms with Crippen LogP contribution in [0.1, 0.15) is 21.5 Å². The van der Waals surface area contributed by atoms with Crippen molar-refractivity contribution in [2.24, 2.45) is 5.10 Å². The Labute approximate surface area is 139 Å². The molecule has 4 nitrogen and oxygen atoms in total. The number of halogens is 2. The molecule has 0 spiro atoms. The highest BCUT2D eigenvalue weighted by atomic mass is 79.9. The van der Waals surface area contributed by atoms with Gasteiger partial charge in [-0.3, -0.25) is 4.79 Å². The van der Waals surface area contributed by atoms with Gasteiger partial charge in [-0.2, -0.15) is 5.10 Å². The van der Waals surface area contributed by atoms with Gasteiger partial charge in [-0.25, -0.2) is 5.43 Å². The van der Waals surface area contributed by atoms with Gasteiger partial charge in [0.05, 0.1) is 15.2 Å². The number of hydrogen-bond acceptors (Lipinski definition) is 3. The van der Waals surface area contributed by atoms with E-state index in [4.69, 9.17) is 0 Å². The number of rotatable bonds is 3. The highest BCUT2D eigenvalue weighted by Gasteiger charge is 2.05. The van der Waals surface area contributed by atoms with E-state index < -0.39 is 0 Å². The second kappa shape index (κ2) is 6.87. The van der Waals surface area contributed by atoms with Gasteiger partial charge >= 0.3 is 0 Å². The number of aryl methyl sites for hydroxylation is 1. The van der Waals surface area contributed by atoms with Gasteiger partial charge in [0.25, 0.3) is 5.91 Å². The molecule has 108 valence electrons. The zero-order valence-corrected chi connectivity index (χ0v) is 14.3. The molecule has 2 N–H and O–H groups in total. The number of phenols is 1. The smallest absolute Gasteiger partial charge is 0.271 e. The number of carbonyl (C=O) groups excluding carboxylic acids is 1. The minimum Gasteiger partial charge on any atom is -0.506 e. The topological polar surface area (TPSA) is 61.7 Å². The summed E-state index contributed by atoms with van der Waals surface area (Å²) < 4.78 is 1.09. The first-order chi connectivity index (χ1) is 9.97. The number of benzene rings is 2. The summed E-state index contributed by atoms with van der Waals surface area (Å²) in [4.78, 5) is 11.9. The van der Waals surface area contributed by atoms with Crippen molar-refractivity contribution in [3.8, 4) is 5.75 Å². The number of phenolic OH excluding ortho intramolecular Hbond substituents is 1. The van der Waals surface area contributed by atoms with Gasteiger partial charge < -0.3 is 5.11 Å². The molecule has 0 aliphatic rings. The van der Waals surface area contributed by atoms with Crippen LogP contribution in [0.5, 0.6) is 5.75 Å². The molecule has 21 heavy (non-hydrogen) atoms. The zero-order valence-electron chi connectivity index (χ0n) is 11.1. The predicted molar refractivity (Wildman–Crippen MR) is 89.7 cm³/mol. The molecule has 0 heterocycles.